The number of fused-ring (bicyclic) bond motifs is 1. The summed E-state index contributed by atoms with van der Waals surface area (Å²) in [5, 5.41) is 3.64. The van der Waals surface area contributed by atoms with E-state index in [1.807, 2.05) is 42.5 Å². The van der Waals surface area contributed by atoms with Gasteiger partial charge >= 0.3 is 6.03 Å². The van der Waals surface area contributed by atoms with Crippen LogP contribution >= 0.6 is 0 Å². The van der Waals surface area contributed by atoms with Crippen molar-refractivity contribution in [3.63, 3.8) is 0 Å². The zero-order valence-corrected chi connectivity index (χ0v) is 18.2. The van der Waals surface area contributed by atoms with E-state index in [9.17, 15) is 14.4 Å². The van der Waals surface area contributed by atoms with Gasteiger partial charge in [0, 0.05) is 0 Å². The molecule has 1 fully saturated rings. The number of carbonyl (C=O) groups is 3. The number of aryl methyl sites for hydroxylation is 2. The Kier molecular flexibility index (Phi) is 5.42. The average Bonchev–Trinajstić information content (AvgIpc) is 3.10. The largest absolute Gasteiger partial charge is 0.344 e. The van der Waals surface area contributed by atoms with Gasteiger partial charge in [-0.3, -0.25) is 15.0 Å². The van der Waals surface area contributed by atoms with Crippen LogP contribution in [0.3, 0.4) is 0 Å². The van der Waals surface area contributed by atoms with Crippen molar-refractivity contribution in [1.82, 2.24) is 15.8 Å². The fourth-order valence-corrected chi connectivity index (χ4v) is 4.81. The molecule has 5 rings (SSSR count). The number of rotatable bonds is 5. The third-order valence-electron chi connectivity index (χ3n) is 6.45. The summed E-state index contributed by atoms with van der Waals surface area (Å²) >= 11 is 0. The second kappa shape index (κ2) is 8.54. The zero-order valence-electron chi connectivity index (χ0n) is 18.2. The molecular weight excluding hydrogens is 414 g/mol. The first kappa shape index (κ1) is 20.9. The monoisotopic (exact) mass is 439 g/mol. The summed E-state index contributed by atoms with van der Waals surface area (Å²) in [5.41, 5.74) is 5.88. The number of hydrazine groups is 1. The van der Waals surface area contributed by atoms with Gasteiger partial charge in [-0.05, 0) is 53.5 Å². The molecule has 166 valence electrons. The van der Waals surface area contributed by atoms with E-state index in [4.69, 9.17) is 0 Å². The number of hydrogen-bond acceptors (Lipinski definition) is 3. The van der Waals surface area contributed by atoms with E-state index in [2.05, 4.69) is 22.9 Å². The van der Waals surface area contributed by atoms with Crippen LogP contribution in [-0.2, 0) is 34.4 Å². The Balaban J connectivity index is 1.40. The number of amides is 4. The molecule has 1 heterocycles. The van der Waals surface area contributed by atoms with Gasteiger partial charge in [0.2, 0.25) is 5.91 Å². The molecule has 0 unspecified atom stereocenters. The molecule has 2 N–H and O–H groups in total. The standard InChI is InChI=1S/C27H25N3O3/c31-24(18-19-15-16-20-9-7-8-10-21(20)17-19)29-30-25(32)27(28-26(30)33,22-11-3-1-4-12-22)23-13-5-2-6-14-23/h1-6,11-17H,7-10,18H2,(H,28,33)(H,29,31). The number of carbonyl (C=O) groups excluding carboxylic acids is 3. The van der Waals surface area contributed by atoms with E-state index in [0.29, 0.717) is 11.1 Å². The Morgan fingerprint density at radius 2 is 1.45 bits per heavy atom. The Morgan fingerprint density at radius 3 is 2.09 bits per heavy atom. The van der Waals surface area contributed by atoms with Crippen molar-refractivity contribution >= 4 is 17.8 Å². The molecule has 6 nitrogen and oxygen atoms in total. The lowest BCUT2D eigenvalue weighted by Gasteiger charge is -2.27. The maximum atomic E-state index is 13.6. The molecule has 0 saturated carbocycles. The zero-order chi connectivity index (χ0) is 22.8. The highest BCUT2D eigenvalue weighted by Gasteiger charge is 2.54. The van der Waals surface area contributed by atoms with Gasteiger partial charge in [0.1, 0.15) is 0 Å². The molecule has 0 bridgehead atoms. The number of imide groups is 1. The normalized spacial score (nSPS) is 16.8. The van der Waals surface area contributed by atoms with Crippen LogP contribution in [0.2, 0.25) is 0 Å². The molecule has 0 spiro atoms. The lowest BCUT2D eigenvalue weighted by molar-refractivity contribution is -0.138. The van der Waals surface area contributed by atoms with Gasteiger partial charge in [-0.2, -0.15) is 5.01 Å². The van der Waals surface area contributed by atoms with Crippen molar-refractivity contribution in [2.24, 2.45) is 0 Å². The highest BCUT2D eigenvalue weighted by Crippen LogP contribution is 2.35. The third-order valence-corrected chi connectivity index (χ3v) is 6.45. The maximum Gasteiger partial charge on any atom is 0.344 e. The highest BCUT2D eigenvalue weighted by atomic mass is 16.2. The summed E-state index contributed by atoms with van der Waals surface area (Å²) in [6.45, 7) is 0. The van der Waals surface area contributed by atoms with Crippen LogP contribution in [-0.4, -0.2) is 22.9 Å². The van der Waals surface area contributed by atoms with E-state index >= 15 is 0 Å². The number of nitrogens with zero attached hydrogens (tertiary/aromatic N) is 1. The van der Waals surface area contributed by atoms with E-state index in [-0.39, 0.29) is 6.42 Å². The molecule has 0 atom stereocenters. The van der Waals surface area contributed by atoms with Gasteiger partial charge in [0.15, 0.2) is 5.54 Å². The van der Waals surface area contributed by atoms with Crippen molar-refractivity contribution in [3.05, 3.63) is 107 Å². The third kappa shape index (κ3) is 3.78. The number of benzene rings is 3. The minimum Gasteiger partial charge on any atom is -0.314 e. The van der Waals surface area contributed by atoms with Gasteiger partial charge in [0.05, 0.1) is 6.42 Å². The number of urea groups is 1. The first-order valence-electron chi connectivity index (χ1n) is 11.3. The first-order valence-corrected chi connectivity index (χ1v) is 11.3. The molecule has 33 heavy (non-hydrogen) atoms. The summed E-state index contributed by atoms with van der Waals surface area (Å²) in [6.07, 6.45) is 4.55. The van der Waals surface area contributed by atoms with Gasteiger partial charge in [-0.15, -0.1) is 0 Å². The summed E-state index contributed by atoms with van der Waals surface area (Å²) in [7, 11) is 0. The van der Waals surface area contributed by atoms with Crippen LogP contribution in [0.15, 0.2) is 78.9 Å². The molecule has 1 aliphatic heterocycles. The fourth-order valence-electron chi connectivity index (χ4n) is 4.81. The van der Waals surface area contributed by atoms with Crippen molar-refractivity contribution in [1.29, 1.82) is 0 Å². The van der Waals surface area contributed by atoms with Crippen LogP contribution in [0.5, 0.6) is 0 Å². The molecule has 1 aliphatic carbocycles. The van der Waals surface area contributed by atoms with Crippen molar-refractivity contribution in [3.8, 4) is 0 Å². The van der Waals surface area contributed by atoms with Gasteiger partial charge < -0.3 is 5.32 Å². The summed E-state index contributed by atoms with van der Waals surface area (Å²) in [5.74, 6) is -0.949. The molecule has 6 heteroatoms. The van der Waals surface area contributed by atoms with Gasteiger partial charge in [0.25, 0.3) is 5.91 Å². The lowest BCUT2D eigenvalue weighted by Crippen LogP contribution is -2.49. The van der Waals surface area contributed by atoms with Crippen LogP contribution in [0.1, 0.15) is 40.7 Å². The second-order valence-electron chi connectivity index (χ2n) is 8.57. The van der Waals surface area contributed by atoms with Crippen molar-refractivity contribution < 1.29 is 14.4 Å². The molecule has 3 aromatic carbocycles. The van der Waals surface area contributed by atoms with E-state index in [0.717, 1.165) is 29.8 Å². The molecule has 0 aromatic heterocycles. The molecule has 0 radical (unpaired) electrons. The van der Waals surface area contributed by atoms with Crippen molar-refractivity contribution in [2.45, 2.75) is 37.6 Å². The predicted octanol–water partition coefficient (Wildman–Crippen LogP) is 3.63. The van der Waals surface area contributed by atoms with Crippen LogP contribution in [0.25, 0.3) is 0 Å². The Labute approximate surface area is 192 Å². The Bertz CT molecular complexity index is 1170. The Hall–Kier alpha value is -3.93. The fraction of sp³-hybridized carbons (Fsp3) is 0.222. The van der Waals surface area contributed by atoms with E-state index in [1.54, 1.807) is 24.3 Å². The SMILES string of the molecule is O=C(Cc1ccc2c(c1)CCCC2)NN1C(=O)NC(c2ccccc2)(c2ccccc2)C1=O. The first-order chi connectivity index (χ1) is 16.1. The molecular formula is C27H25N3O3. The average molecular weight is 440 g/mol. The summed E-state index contributed by atoms with van der Waals surface area (Å²) in [4.78, 5) is 39.4. The number of nitrogens with one attached hydrogen (secondary N) is 2. The summed E-state index contributed by atoms with van der Waals surface area (Å²) in [6, 6.07) is 23.6. The van der Waals surface area contributed by atoms with Crippen molar-refractivity contribution in [2.75, 3.05) is 0 Å². The highest BCUT2D eigenvalue weighted by molar-refractivity contribution is 6.10. The Morgan fingerprint density at radius 1 is 0.848 bits per heavy atom. The lowest BCUT2D eigenvalue weighted by atomic mass is 9.83. The molecule has 1 saturated heterocycles. The molecule has 2 aliphatic rings. The number of hydrogen-bond donors (Lipinski definition) is 2. The topological polar surface area (TPSA) is 78.5 Å². The second-order valence-corrected chi connectivity index (χ2v) is 8.57. The van der Waals surface area contributed by atoms with Crippen LogP contribution in [0, 0.1) is 0 Å². The smallest absolute Gasteiger partial charge is 0.314 e. The quantitative estimate of drug-likeness (QED) is 0.596. The summed E-state index contributed by atoms with van der Waals surface area (Å²) < 4.78 is 0. The minimum atomic E-state index is -1.40. The van der Waals surface area contributed by atoms with Gasteiger partial charge in [-0.25, -0.2) is 4.79 Å². The van der Waals surface area contributed by atoms with Crippen LogP contribution < -0.4 is 10.7 Å². The predicted molar refractivity (Wildman–Crippen MR) is 124 cm³/mol. The van der Waals surface area contributed by atoms with Crippen LogP contribution in [0.4, 0.5) is 4.79 Å². The molecule has 4 amide bonds. The van der Waals surface area contributed by atoms with E-state index in [1.165, 1.54) is 17.5 Å². The van der Waals surface area contributed by atoms with E-state index < -0.39 is 23.4 Å². The van der Waals surface area contributed by atoms with Gasteiger partial charge in [-0.1, -0.05) is 78.9 Å². The maximum absolute atomic E-state index is 13.6. The minimum absolute atomic E-state index is 0.0913. The molecule has 3 aromatic rings.